The Morgan fingerprint density at radius 1 is 1.45 bits per heavy atom. The van der Waals surface area contributed by atoms with E-state index in [9.17, 15) is 9.59 Å². The lowest BCUT2D eigenvalue weighted by Gasteiger charge is -2.10. The molecule has 6 heteroatoms. The van der Waals surface area contributed by atoms with Crippen molar-refractivity contribution in [2.45, 2.75) is 26.8 Å². The number of carbonyl (C=O) groups excluding carboxylic acids is 1. The van der Waals surface area contributed by atoms with Gasteiger partial charge in [-0.25, -0.2) is 4.98 Å². The van der Waals surface area contributed by atoms with Gasteiger partial charge in [0.05, 0.1) is 16.6 Å². The fourth-order valence-electron chi connectivity index (χ4n) is 2.21. The Kier molecular flexibility index (Phi) is 4.35. The van der Waals surface area contributed by atoms with E-state index >= 15 is 0 Å². The Balaban J connectivity index is 2.40. The zero-order valence-electron chi connectivity index (χ0n) is 12.3. The van der Waals surface area contributed by atoms with Crippen LogP contribution in [0.25, 0.3) is 10.2 Å². The highest BCUT2D eigenvalue weighted by Gasteiger charge is 2.16. The molecule has 2 heterocycles. The summed E-state index contributed by atoms with van der Waals surface area (Å²) in [5.41, 5.74) is 0.715. The van der Waals surface area contributed by atoms with E-state index in [1.54, 1.807) is 10.9 Å². The summed E-state index contributed by atoms with van der Waals surface area (Å²) >= 11 is 1.30. The number of ketones is 1. The first-order valence-corrected chi connectivity index (χ1v) is 7.37. The first kappa shape index (κ1) is 14.9. The molecule has 20 heavy (non-hydrogen) atoms. The number of hydrogen-bond donors (Lipinski definition) is 0. The number of aryl methyl sites for hydroxylation is 2. The third-order valence-corrected chi connectivity index (χ3v) is 4.54. The van der Waals surface area contributed by atoms with Crippen LogP contribution >= 0.6 is 11.3 Å². The van der Waals surface area contributed by atoms with E-state index in [1.807, 2.05) is 21.0 Å². The van der Waals surface area contributed by atoms with Crippen LogP contribution in [-0.2, 0) is 6.54 Å². The van der Waals surface area contributed by atoms with E-state index in [0.29, 0.717) is 21.6 Å². The molecule has 0 aliphatic heterocycles. The van der Waals surface area contributed by atoms with Crippen molar-refractivity contribution in [1.29, 1.82) is 0 Å². The average Bonchev–Trinajstić information content (AvgIpc) is 2.70. The molecule has 2 rings (SSSR count). The third-order valence-electron chi connectivity index (χ3n) is 3.24. The predicted molar refractivity (Wildman–Crippen MR) is 81.8 cm³/mol. The molecule has 2 aromatic rings. The van der Waals surface area contributed by atoms with Gasteiger partial charge in [-0.3, -0.25) is 14.2 Å². The first-order valence-electron chi connectivity index (χ1n) is 6.56. The lowest BCUT2D eigenvalue weighted by molar-refractivity contribution is 0.102. The van der Waals surface area contributed by atoms with Crippen molar-refractivity contribution in [2.24, 2.45) is 0 Å². The van der Waals surface area contributed by atoms with E-state index < -0.39 is 0 Å². The topological polar surface area (TPSA) is 55.2 Å². The number of carbonyl (C=O) groups is 1. The van der Waals surface area contributed by atoms with Crippen molar-refractivity contribution in [3.05, 3.63) is 27.1 Å². The van der Waals surface area contributed by atoms with E-state index in [4.69, 9.17) is 0 Å². The highest BCUT2D eigenvalue weighted by atomic mass is 32.1. The second-order valence-electron chi connectivity index (χ2n) is 5.19. The standard InChI is InChI=1S/C14H19N3O2S/c1-9-11-13(20-12(9)10(2)18)15-8-17(14(11)19)7-5-6-16(3)4/h8H,5-7H2,1-4H3. The minimum Gasteiger partial charge on any atom is -0.309 e. The molecule has 108 valence electrons. The third kappa shape index (κ3) is 2.81. The molecule has 0 N–H and O–H groups in total. The minimum absolute atomic E-state index is 0.0101. The second kappa shape index (κ2) is 5.85. The van der Waals surface area contributed by atoms with Gasteiger partial charge in [0, 0.05) is 6.54 Å². The molecule has 0 atom stereocenters. The fourth-order valence-corrected chi connectivity index (χ4v) is 3.25. The van der Waals surface area contributed by atoms with E-state index in [-0.39, 0.29) is 11.3 Å². The zero-order chi connectivity index (χ0) is 14.9. The predicted octanol–water partition coefficient (Wildman–Crippen LogP) is 1.92. The number of nitrogens with zero attached hydrogens (tertiary/aromatic N) is 3. The molecule has 0 saturated carbocycles. The maximum Gasteiger partial charge on any atom is 0.262 e. The molecule has 0 radical (unpaired) electrons. The van der Waals surface area contributed by atoms with Crippen LogP contribution in [0.5, 0.6) is 0 Å². The van der Waals surface area contributed by atoms with Crippen molar-refractivity contribution in [3.63, 3.8) is 0 Å². The highest BCUT2D eigenvalue weighted by molar-refractivity contribution is 7.20. The Hall–Kier alpha value is -1.53. The fraction of sp³-hybridized carbons (Fsp3) is 0.500. The SMILES string of the molecule is CC(=O)c1sc2ncn(CCCN(C)C)c(=O)c2c1C. The van der Waals surface area contributed by atoms with Gasteiger partial charge in [-0.2, -0.15) is 0 Å². The van der Waals surface area contributed by atoms with Crippen LogP contribution in [0.1, 0.15) is 28.6 Å². The molecule has 2 aromatic heterocycles. The number of hydrogen-bond acceptors (Lipinski definition) is 5. The van der Waals surface area contributed by atoms with Crippen molar-refractivity contribution < 1.29 is 4.79 Å². The van der Waals surface area contributed by atoms with Gasteiger partial charge in [0.1, 0.15) is 4.83 Å². The van der Waals surface area contributed by atoms with Gasteiger partial charge >= 0.3 is 0 Å². The molecule has 0 amide bonds. The average molecular weight is 293 g/mol. The highest BCUT2D eigenvalue weighted by Crippen LogP contribution is 2.26. The molecule has 5 nitrogen and oxygen atoms in total. The molecular weight excluding hydrogens is 274 g/mol. The molecule has 0 saturated heterocycles. The Labute approximate surface area is 121 Å². The largest absolute Gasteiger partial charge is 0.309 e. The van der Waals surface area contributed by atoms with Crippen LogP contribution < -0.4 is 5.56 Å². The Bertz CT molecular complexity index is 700. The van der Waals surface area contributed by atoms with Gasteiger partial charge in [0.2, 0.25) is 0 Å². The van der Waals surface area contributed by atoms with Gasteiger partial charge in [-0.05, 0) is 46.5 Å². The van der Waals surface area contributed by atoms with Crippen molar-refractivity contribution in [3.8, 4) is 0 Å². The maximum atomic E-state index is 12.5. The summed E-state index contributed by atoms with van der Waals surface area (Å²) in [4.78, 5) is 31.7. The lowest BCUT2D eigenvalue weighted by Crippen LogP contribution is -2.23. The number of fused-ring (bicyclic) bond motifs is 1. The van der Waals surface area contributed by atoms with Gasteiger partial charge in [-0.1, -0.05) is 0 Å². The van der Waals surface area contributed by atoms with Gasteiger partial charge in [-0.15, -0.1) is 11.3 Å². The second-order valence-corrected chi connectivity index (χ2v) is 6.19. The molecule has 0 unspecified atom stereocenters. The number of rotatable bonds is 5. The smallest absolute Gasteiger partial charge is 0.262 e. The van der Waals surface area contributed by atoms with Crippen LogP contribution in [-0.4, -0.2) is 40.9 Å². The van der Waals surface area contributed by atoms with Crippen molar-refractivity contribution >= 4 is 27.3 Å². The van der Waals surface area contributed by atoms with Gasteiger partial charge in [0.15, 0.2) is 5.78 Å². The summed E-state index contributed by atoms with van der Waals surface area (Å²) in [7, 11) is 4.01. The Morgan fingerprint density at radius 3 is 2.75 bits per heavy atom. The summed E-state index contributed by atoms with van der Waals surface area (Å²) in [6, 6.07) is 0. The molecular formula is C14H19N3O2S. The van der Waals surface area contributed by atoms with Crippen molar-refractivity contribution in [1.82, 2.24) is 14.5 Å². The van der Waals surface area contributed by atoms with Crippen LogP contribution in [0.4, 0.5) is 0 Å². The van der Waals surface area contributed by atoms with Crippen LogP contribution in [0.3, 0.4) is 0 Å². The van der Waals surface area contributed by atoms with Crippen LogP contribution in [0.2, 0.25) is 0 Å². The van der Waals surface area contributed by atoms with E-state index in [1.165, 1.54) is 18.3 Å². The summed E-state index contributed by atoms with van der Waals surface area (Å²) in [6.07, 6.45) is 2.48. The Morgan fingerprint density at radius 2 is 2.15 bits per heavy atom. The molecule has 0 aliphatic rings. The van der Waals surface area contributed by atoms with Crippen molar-refractivity contribution in [2.75, 3.05) is 20.6 Å². The summed E-state index contributed by atoms with van der Waals surface area (Å²) < 4.78 is 1.63. The number of Topliss-reactive ketones (excluding diaryl/α,β-unsaturated/α-hetero) is 1. The van der Waals surface area contributed by atoms with Crippen LogP contribution in [0, 0.1) is 6.92 Å². The summed E-state index contributed by atoms with van der Waals surface area (Å²) in [5.74, 6) is -0.0101. The van der Waals surface area contributed by atoms with E-state index in [2.05, 4.69) is 9.88 Å². The number of aromatic nitrogens is 2. The van der Waals surface area contributed by atoms with Crippen LogP contribution in [0.15, 0.2) is 11.1 Å². The number of thiophene rings is 1. The zero-order valence-corrected chi connectivity index (χ0v) is 13.1. The summed E-state index contributed by atoms with van der Waals surface area (Å²) in [5, 5.41) is 0.590. The first-order chi connectivity index (χ1) is 9.41. The van der Waals surface area contributed by atoms with E-state index in [0.717, 1.165) is 18.5 Å². The summed E-state index contributed by atoms with van der Waals surface area (Å²) in [6.45, 7) is 4.91. The van der Waals surface area contributed by atoms with Gasteiger partial charge in [0.25, 0.3) is 5.56 Å². The monoisotopic (exact) mass is 293 g/mol. The maximum absolute atomic E-state index is 12.5. The molecule has 0 bridgehead atoms. The molecule has 0 spiro atoms. The molecule has 0 fully saturated rings. The lowest BCUT2D eigenvalue weighted by atomic mass is 10.2. The molecule has 0 aromatic carbocycles. The normalized spacial score (nSPS) is 11.4. The quantitative estimate of drug-likeness (QED) is 0.790. The minimum atomic E-state index is -0.0463. The molecule has 0 aliphatic carbocycles. The van der Waals surface area contributed by atoms with Gasteiger partial charge < -0.3 is 4.90 Å².